The number of pyridine rings is 8. The zero-order valence-electron chi connectivity index (χ0n) is 89.4. The molecule has 0 aliphatic rings. The van der Waals surface area contributed by atoms with Gasteiger partial charge in [-0.25, -0.2) is 39.9 Å². The van der Waals surface area contributed by atoms with Crippen molar-refractivity contribution in [3.8, 4) is 45.1 Å². The average molecular weight is 2070 g/mol. The van der Waals surface area contributed by atoms with E-state index in [1.807, 2.05) is 91.9 Å². The van der Waals surface area contributed by atoms with E-state index in [4.69, 9.17) is 34.4 Å². The Labute approximate surface area is 859 Å². The van der Waals surface area contributed by atoms with Crippen LogP contribution in [0.5, 0.6) is 11.8 Å². The number of aromatic amines is 2. The molecule has 0 unspecified atom stereocenters. The summed E-state index contributed by atoms with van der Waals surface area (Å²) in [4.78, 5) is 50.4. The quantitative estimate of drug-likeness (QED) is 0.0392. The van der Waals surface area contributed by atoms with E-state index in [0.29, 0.717) is 78.3 Å². The average Bonchev–Trinajstić information content (AvgIpc) is 1.58. The first-order valence-corrected chi connectivity index (χ1v) is 62.5. The lowest BCUT2D eigenvalue weighted by molar-refractivity contribution is 0.396. The summed E-state index contributed by atoms with van der Waals surface area (Å²) in [6.07, 6.45) is 26.6. The second kappa shape index (κ2) is 47.7. The Morgan fingerprint density at radius 1 is 0.336 bits per heavy atom. The van der Waals surface area contributed by atoms with Crippen LogP contribution < -0.4 is 9.47 Å². The SMILES string of the molecule is CC(C)[Si](C(C)C)(C(C)C)n1cc(CN(C)C)c2c(-c3ccsc3)ccnc21.CC(C)[Si](C(C)C)(C(C)C)n1cc(CN(C)C)c2c(Br)ccnc21.CC(C)[Si](C(C)C)(C(C)C)n1cc(CN(C)C)c2cccnc21.COc1cccc(Cc2c[nH]c3nccc(-c4ccsc4)c23)n1.COc1cccc(Cc2cn([Si](C(C)C)(C(C)C)C(C)C)c3nccc(-c4ccsc4)c23)n1.c1cnc2[nH]ccc2c1. The topological polar surface area (TPSA) is 183 Å². The maximum atomic E-state index is 5.40. The van der Waals surface area contributed by atoms with Crippen molar-refractivity contribution in [2.75, 3.05) is 56.5 Å². The number of nitrogens with zero attached hydrogens (tertiary/aromatic N) is 15. The molecule has 17 aromatic rings. The van der Waals surface area contributed by atoms with Gasteiger partial charge in [-0.2, -0.15) is 34.0 Å². The van der Waals surface area contributed by atoms with Crippen molar-refractivity contribution in [1.29, 1.82) is 0 Å². The molecule has 0 saturated heterocycles. The molecule has 0 amide bonds. The van der Waals surface area contributed by atoms with E-state index < -0.39 is 32.9 Å². The van der Waals surface area contributed by atoms with Crippen molar-refractivity contribution in [2.24, 2.45) is 0 Å². The summed E-state index contributed by atoms with van der Waals surface area (Å²) in [6.45, 7) is 60.7. The van der Waals surface area contributed by atoms with Crippen LogP contribution in [0.2, 0.25) is 66.5 Å². The summed E-state index contributed by atoms with van der Waals surface area (Å²) in [6, 6.07) is 37.2. The Kier molecular flexibility index (Phi) is 37.2. The fraction of sp³-hybridized carbons (Fsp3) is 0.434. The second-order valence-corrected chi connectivity index (χ2v) is 68.3. The lowest BCUT2D eigenvalue weighted by atomic mass is 10.0. The van der Waals surface area contributed by atoms with Gasteiger partial charge in [-0.15, -0.1) is 0 Å². The molecule has 17 rings (SSSR count). The molecule has 0 bridgehead atoms. The molecule has 2 N–H and O–H groups in total. The molecule has 17 aromatic heterocycles. The van der Waals surface area contributed by atoms with Gasteiger partial charge in [0.15, 0.2) is 32.9 Å². The Balaban J connectivity index is 0.000000154. The lowest BCUT2D eigenvalue weighted by Gasteiger charge is -2.44. The number of fused-ring (bicyclic) bond motifs is 6. The number of rotatable bonds is 31. The number of thiophene rings is 3. The van der Waals surface area contributed by atoms with E-state index in [0.717, 1.165) is 81.7 Å². The maximum absolute atomic E-state index is 5.40. The van der Waals surface area contributed by atoms with Gasteiger partial charge in [0.1, 0.15) is 33.9 Å². The van der Waals surface area contributed by atoms with Crippen LogP contribution in [0.3, 0.4) is 0 Å². The van der Waals surface area contributed by atoms with Crippen LogP contribution in [-0.4, -0.2) is 171 Å². The van der Waals surface area contributed by atoms with Gasteiger partial charge in [-0.3, -0.25) is 0 Å². The predicted octanol–water partition coefficient (Wildman–Crippen LogP) is 31.5. The van der Waals surface area contributed by atoms with E-state index >= 15 is 0 Å². The van der Waals surface area contributed by atoms with Gasteiger partial charge in [-0.05, 0) is 303 Å². The first kappa shape index (κ1) is 109. The third kappa shape index (κ3) is 22.5. The van der Waals surface area contributed by atoms with Crippen LogP contribution in [0.4, 0.5) is 0 Å². The van der Waals surface area contributed by atoms with Crippen LogP contribution in [-0.2, 0) is 32.5 Å². The smallest absolute Gasteiger partial charge is 0.213 e. The van der Waals surface area contributed by atoms with E-state index in [9.17, 15) is 0 Å². The molecule has 0 atom stereocenters. The highest BCUT2D eigenvalue weighted by Crippen LogP contribution is 2.51. The van der Waals surface area contributed by atoms with Crippen molar-refractivity contribution in [1.82, 2.24) is 81.5 Å². The highest BCUT2D eigenvalue weighted by atomic mass is 79.9. The Morgan fingerprint density at radius 2 is 0.679 bits per heavy atom. The first-order chi connectivity index (χ1) is 66.7. The summed E-state index contributed by atoms with van der Waals surface area (Å²) in [5, 5.41) is 20.6. The number of halogens is 1. The molecular weight excluding hydrogens is 1920 g/mol. The molecular formula is C113H156BrN17O2S3Si4. The van der Waals surface area contributed by atoms with Crippen molar-refractivity contribution in [3.05, 3.63) is 260 Å². The monoisotopic (exact) mass is 2070 g/mol. The lowest BCUT2D eigenvalue weighted by Crippen LogP contribution is -2.51. The van der Waals surface area contributed by atoms with Gasteiger partial charge < -0.3 is 51.1 Å². The molecule has 17 heterocycles. The Bertz CT molecular complexity index is 6700. The zero-order chi connectivity index (χ0) is 102. The Hall–Kier alpha value is -9.63. The number of ether oxygens (including phenoxy) is 2. The van der Waals surface area contributed by atoms with Gasteiger partial charge >= 0.3 is 0 Å². The standard InChI is InChI=1S/C27H35N3OSSi.C23H35N3SSi.C19H32BrN3Si.C19H33N3Si.C18H15N3OS.C7H6N2/c1-18(2)33(19(3)4,20(5)6)30-16-22(15-23-9-8-10-25(29-23)31-7)26-24(11-13-28-27(26)30)21-12-14-32-17-21;1-16(2)28(17(3)4,18(5)6)26-14-20(13-25(7)8)22-21(9-11-24-23(22)26)19-10-12-27-15-19;1-13(2)24(14(3)4,15(5)6)23-12-16(11-22(7)8)18-17(20)9-10-21-19(18)23;1-14(2)23(15(3)4,16(5)6)22-13-17(12-21(7)8)18-10-9-11-20-19(18)22;1-22-16-4-2-3-14(21-16)9-13-10-20-18-17(13)15(5-7-19-18)12-6-8-23-11-12;1-2-6-3-5-9-7(6)8-4-1/h8-14,16-20H,15H2,1-7H3;9-12,14-18H,13H2,1-8H3;9-10,12-15H,11H2,1-8H3;9-11,13-16H,12H2,1-8H3;2-8,10-11H,9H2,1H3,(H,19,20);1-5H,(H,8,9). The summed E-state index contributed by atoms with van der Waals surface area (Å²) < 4.78 is 22.3. The second-order valence-electron chi connectivity index (χ2n) is 42.2. The van der Waals surface area contributed by atoms with Crippen molar-refractivity contribution >= 4 is 149 Å². The minimum atomic E-state index is -1.98. The van der Waals surface area contributed by atoms with Crippen molar-refractivity contribution < 1.29 is 9.47 Å². The summed E-state index contributed by atoms with van der Waals surface area (Å²) in [7, 11) is 8.73. The number of H-pyrrole nitrogens is 2. The van der Waals surface area contributed by atoms with Gasteiger partial charge in [0.25, 0.3) is 0 Å². The van der Waals surface area contributed by atoms with E-state index in [-0.39, 0.29) is 0 Å². The first-order valence-electron chi connectivity index (χ1n) is 50.1. The van der Waals surface area contributed by atoms with Crippen LogP contribution in [0, 0.1) is 0 Å². The van der Waals surface area contributed by atoms with Gasteiger partial charge in [0.05, 0.1) is 14.2 Å². The molecule has 746 valence electrons. The molecule has 0 spiro atoms. The van der Waals surface area contributed by atoms with E-state index in [1.54, 1.807) is 54.4 Å². The maximum Gasteiger partial charge on any atom is 0.213 e. The zero-order valence-corrected chi connectivity index (χ0v) is 97.4. The third-order valence-electron chi connectivity index (χ3n) is 29.3. The molecule has 0 radical (unpaired) electrons. The van der Waals surface area contributed by atoms with Gasteiger partial charge in [0.2, 0.25) is 11.8 Å². The Morgan fingerprint density at radius 3 is 1.09 bits per heavy atom. The van der Waals surface area contributed by atoms with Gasteiger partial charge in [0, 0.05) is 167 Å². The fourth-order valence-corrected chi connectivity index (χ4v) is 53.5. The summed E-state index contributed by atoms with van der Waals surface area (Å²) in [5.41, 5.74) is 30.4. The number of hydrogen-bond donors (Lipinski definition) is 2. The summed E-state index contributed by atoms with van der Waals surface area (Å²) in [5.74, 6) is 1.29. The molecule has 0 aliphatic carbocycles. The van der Waals surface area contributed by atoms with Crippen LogP contribution in [0.1, 0.15) is 205 Å². The fourth-order valence-electron chi connectivity index (χ4n) is 24.7. The molecule has 0 saturated carbocycles. The number of aromatic nitrogens is 14. The van der Waals surface area contributed by atoms with Crippen molar-refractivity contribution in [2.45, 2.75) is 265 Å². The van der Waals surface area contributed by atoms with Crippen molar-refractivity contribution in [3.63, 3.8) is 0 Å². The van der Waals surface area contributed by atoms with Crippen LogP contribution in [0.25, 0.3) is 99.6 Å². The predicted molar refractivity (Wildman–Crippen MR) is 614 cm³/mol. The van der Waals surface area contributed by atoms with Crippen LogP contribution >= 0.6 is 49.9 Å². The summed E-state index contributed by atoms with van der Waals surface area (Å²) >= 11 is 8.97. The molecule has 0 aromatic carbocycles. The number of methoxy groups -OCH3 is 2. The molecule has 140 heavy (non-hydrogen) atoms. The third-order valence-corrected chi connectivity index (χ3v) is 58.9. The highest BCUT2D eigenvalue weighted by Gasteiger charge is 2.51. The highest BCUT2D eigenvalue weighted by molar-refractivity contribution is 9.10. The van der Waals surface area contributed by atoms with E-state index in [2.05, 4.69) is 399 Å². The molecule has 0 fully saturated rings. The molecule has 19 nitrogen and oxygen atoms in total. The number of nitrogens with one attached hydrogen (secondary N) is 2. The van der Waals surface area contributed by atoms with E-state index in [1.165, 1.54) is 94.0 Å². The minimum absolute atomic E-state index is 0.586. The van der Waals surface area contributed by atoms with Gasteiger partial charge in [-0.1, -0.05) is 178 Å². The molecule has 27 heteroatoms. The minimum Gasteiger partial charge on any atom is -0.481 e. The largest absolute Gasteiger partial charge is 0.481 e. The normalized spacial score (nSPS) is 12.4. The van der Waals surface area contributed by atoms with Crippen LogP contribution in [0.15, 0.2) is 220 Å². The molecule has 0 aliphatic heterocycles. The number of hydrogen-bond acceptors (Lipinski definition) is 16.